The Hall–Kier alpha value is -1.71. The maximum absolute atomic E-state index is 12.9. The monoisotopic (exact) mass is 452 g/mol. The molecule has 0 bridgehead atoms. The summed E-state index contributed by atoms with van der Waals surface area (Å²) in [6.07, 6.45) is -1.49. The van der Waals surface area contributed by atoms with Crippen molar-refractivity contribution in [1.82, 2.24) is 10.2 Å². The third-order valence-corrected chi connectivity index (χ3v) is 8.23. The van der Waals surface area contributed by atoms with Crippen molar-refractivity contribution in [3.63, 3.8) is 0 Å². The van der Waals surface area contributed by atoms with E-state index >= 15 is 0 Å². The van der Waals surface area contributed by atoms with Crippen LogP contribution in [0.2, 0.25) is 0 Å². The molecule has 2 saturated carbocycles. The lowest BCUT2D eigenvalue weighted by molar-refractivity contribution is -0.165. The van der Waals surface area contributed by atoms with E-state index in [9.17, 15) is 19.5 Å². The van der Waals surface area contributed by atoms with E-state index in [1.165, 1.54) is 13.8 Å². The van der Waals surface area contributed by atoms with Crippen LogP contribution in [0.25, 0.3) is 0 Å². The highest BCUT2D eigenvalue weighted by Gasteiger charge is 2.67. The van der Waals surface area contributed by atoms with E-state index in [1.54, 1.807) is 0 Å². The van der Waals surface area contributed by atoms with Crippen molar-refractivity contribution >= 4 is 17.9 Å². The molecule has 9 nitrogen and oxygen atoms in total. The molecule has 4 rings (SSSR count). The van der Waals surface area contributed by atoms with Crippen molar-refractivity contribution in [3.8, 4) is 0 Å². The number of fused-ring (bicyclic) bond motifs is 2. The molecule has 0 spiro atoms. The molecule has 0 aromatic carbocycles. The van der Waals surface area contributed by atoms with Crippen LogP contribution in [0.3, 0.4) is 0 Å². The topological polar surface area (TPSA) is 114 Å². The quantitative estimate of drug-likeness (QED) is 0.460. The maximum Gasteiger partial charge on any atom is 0.311 e. The molecule has 0 aromatic heterocycles. The molecule has 2 aliphatic heterocycles. The first-order valence-corrected chi connectivity index (χ1v) is 11.8. The molecule has 0 aromatic rings. The first-order valence-electron chi connectivity index (χ1n) is 11.8. The highest BCUT2D eigenvalue weighted by atomic mass is 16.6. The number of esters is 3. The molecule has 32 heavy (non-hydrogen) atoms. The smallest absolute Gasteiger partial charge is 0.311 e. The molecule has 4 aliphatic rings. The van der Waals surface area contributed by atoms with E-state index in [-0.39, 0.29) is 17.8 Å². The summed E-state index contributed by atoms with van der Waals surface area (Å²) in [6, 6.07) is 0. The van der Waals surface area contributed by atoms with E-state index in [4.69, 9.17) is 14.2 Å². The van der Waals surface area contributed by atoms with E-state index < -0.39 is 53.6 Å². The first kappa shape index (κ1) is 23.4. The van der Waals surface area contributed by atoms with Crippen LogP contribution >= 0.6 is 0 Å². The Morgan fingerprint density at radius 1 is 1.19 bits per heavy atom. The molecular weight excluding hydrogens is 416 g/mol. The van der Waals surface area contributed by atoms with Crippen LogP contribution < -0.4 is 5.32 Å². The predicted octanol–water partition coefficient (Wildman–Crippen LogP) is 0.340. The minimum Gasteiger partial charge on any atom is -0.462 e. The van der Waals surface area contributed by atoms with Gasteiger partial charge in [-0.2, -0.15) is 0 Å². The average Bonchev–Trinajstić information content (AvgIpc) is 3.12. The Labute approximate surface area is 189 Å². The summed E-state index contributed by atoms with van der Waals surface area (Å²) >= 11 is 0. The van der Waals surface area contributed by atoms with Crippen molar-refractivity contribution in [3.05, 3.63) is 0 Å². The van der Waals surface area contributed by atoms with Gasteiger partial charge in [-0.05, 0) is 12.3 Å². The molecule has 4 fully saturated rings. The fraction of sp³-hybridized carbons (Fsp3) is 0.870. The molecule has 2 heterocycles. The number of nitrogens with zero attached hydrogens (tertiary/aromatic N) is 1. The highest BCUT2D eigenvalue weighted by molar-refractivity contribution is 5.76. The second kappa shape index (κ2) is 8.91. The van der Waals surface area contributed by atoms with Gasteiger partial charge in [-0.25, -0.2) is 0 Å². The van der Waals surface area contributed by atoms with E-state index in [2.05, 4.69) is 10.2 Å². The number of nitrogens with one attached hydrogen (secondary N) is 1. The zero-order valence-corrected chi connectivity index (χ0v) is 19.4. The molecule has 2 aliphatic carbocycles. The lowest BCUT2D eigenvalue weighted by Crippen LogP contribution is -2.53. The van der Waals surface area contributed by atoms with Gasteiger partial charge in [0.1, 0.15) is 18.3 Å². The maximum atomic E-state index is 12.9. The Balaban J connectivity index is 1.68. The number of carbonyl (C=O) groups is 3. The fourth-order valence-corrected chi connectivity index (χ4v) is 6.96. The molecule has 9 atom stereocenters. The van der Waals surface area contributed by atoms with Gasteiger partial charge in [0.25, 0.3) is 0 Å². The van der Waals surface area contributed by atoms with E-state index in [1.807, 2.05) is 13.8 Å². The van der Waals surface area contributed by atoms with Gasteiger partial charge in [0.15, 0.2) is 0 Å². The lowest BCUT2D eigenvalue weighted by Gasteiger charge is -2.43. The van der Waals surface area contributed by atoms with Gasteiger partial charge in [-0.3, -0.25) is 19.3 Å². The number of rotatable bonds is 4. The van der Waals surface area contributed by atoms with Gasteiger partial charge >= 0.3 is 17.9 Å². The van der Waals surface area contributed by atoms with Gasteiger partial charge in [0.2, 0.25) is 0 Å². The lowest BCUT2D eigenvalue weighted by atomic mass is 9.66. The molecule has 9 unspecified atom stereocenters. The Morgan fingerprint density at radius 3 is 2.47 bits per heavy atom. The minimum absolute atomic E-state index is 0.000273. The number of hydrogen-bond donors (Lipinski definition) is 2. The third kappa shape index (κ3) is 4.03. The zero-order valence-electron chi connectivity index (χ0n) is 19.4. The minimum atomic E-state index is -0.938. The summed E-state index contributed by atoms with van der Waals surface area (Å²) in [6.45, 7) is 10.7. The molecule has 2 saturated heterocycles. The van der Waals surface area contributed by atoms with Crippen LogP contribution in [0, 0.1) is 29.1 Å². The number of piperazine rings is 1. The van der Waals surface area contributed by atoms with Gasteiger partial charge < -0.3 is 24.6 Å². The van der Waals surface area contributed by atoms with E-state index in [0.29, 0.717) is 19.4 Å². The number of aliphatic hydroxyl groups is 1. The number of ether oxygens (including phenoxy) is 3. The molecule has 2 N–H and O–H groups in total. The van der Waals surface area contributed by atoms with Crippen LogP contribution in [0.1, 0.15) is 40.5 Å². The van der Waals surface area contributed by atoms with E-state index in [0.717, 1.165) is 26.2 Å². The number of aliphatic hydroxyl groups excluding tert-OH is 1. The number of hydrogen-bond acceptors (Lipinski definition) is 9. The van der Waals surface area contributed by atoms with Crippen LogP contribution in [0.5, 0.6) is 0 Å². The SMILES string of the molecule is CC(=O)OC1CC(OC(C)=O)C2(C)C(O)C3C(CC(C)C12)OC(=O)C3CN1CCNCC1. The zero-order chi connectivity index (χ0) is 23.2. The summed E-state index contributed by atoms with van der Waals surface area (Å²) < 4.78 is 17.2. The van der Waals surface area contributed by atoms with Crippen molar-refractivity contribution in [2.75, 3.05) is 32.7 Å². The summed E-state index contributed by atoms with van der Waals surface area (Å²) in [5, 5.41) is 15.2. The second-order valence-corrected chi connectivity index (χ2v) is 10.2. The van der Waals surface area contributed by atoms with Crippen molar-refractivity contribution in [2.24, 2.45) is 29.1 Å². The van der Waals surface area contributed by atoms with Crippen molar-refractivity contribution in [1.29, 1.82) is 0 Å². The largest absolute Gasteiger partial charge is 0.462 e. The first-order chi connectivity index (χ1) is 15.1. The predicted molar refractivity (Wildman–Crippen MR) is 113 cm³/mol. The van der Waals surface area contributed by atoms with Gasteiger partial charge in [-0.1, -0.05) is 13.8 Å². The summed E-state index contributed by atoms with van der Waals surface area (Å²) in [5.41, 5.74) is -0.861. The fourth-order valence-electron chi connectivity index (χ4n) is 6.96. The molecular formula is C23H36N2O7. The Kier molecular flexibility index (Phi) is 6.53. The van der Waals surface area contributed by atoms with Gasteiger partial charge in [0, 0.05) is 70.2 Å². The summed E-state index contributed by atoms with van der Waals surface area (Å²) in [4.78, 5) is 38.9. The highest BCUT2D eigenvalue weighted by Crippen LogP contribution is 2.58. The molecule has 9 heteroatoms. The normalized spacial score (nSPS) is 44.2. The molecule has 0 amide bonds. The standard InChI is InChI=1S/C23H36N2O7/c1-12-9-16-19(15(22(29)32-16)11-25-7-5-24-6-8-25)21(28)23(4)18(31-14(3)27)10-17(20(12)23)30-13(2)26/h12,15-21,24,28H,5-11H2,1-4H3. The number of carbonyl (C=O) groups excluding carboxylic acids is 3. The van der Waals surface area contributed by atoms with Gasteiger partial charge in [-0.15, -0.1) is 0 Å². The molecule has 180 valence electrons. The average molecular weight is 453 g/mol. The Morgan fingerprint density at radius 2 is 1.84 bits per heavy atom. The Bertz CT molecular complexity index is 755. The van der Waals surface area contributed by atoms with Crippen molar-refractivity contribution in [2.45, 2.75) is 65.0 Å². The van der Waals surface area contributed by atoms with Crippen LogP contribution in [-0.4, -0.2) is 85.1 Å². The third-order valence-electron chi connectivity index (χ3n) is 8.23. The van der Waals surface area contributed by atoms with Crippen LogP contribution in [-0.2, 0) is 28.6 Å². The van der Waals surface area contributed by atoms with Crippen molar-refractivity contribution < 1.29 is 33.7 Å². The second-order valence-electron chi connectivity index (χ2n) is 10.2. The summed E-state index contributed by atoms with van der Waals surface area (Å²) in [5.74, 6) is -2.14. The molecule has 0 radical (unpaired) electrons. The van der Waals surface area contributed by atoms with Crippen LogP contribution in [0.4, 0.5) is 0 Å². The van der Waals surface area contributed by atoms with Gasteiger partial charge in [0.05, 0.1) is 12.0 Å². The van der Waals surface area contributed by atoms with Crippen LogP contribution in [0.15, 0.2) is 0 Å². The summed E-state index contributed by atoms with van der Waals surface area (Å²) in [7, 11) is 0.